The molecule has 1 aliphatic rings. The van der Waals surface area contributed by atoms with Gasteiger partial charge < -0.3 is 9.80 Å². The van der Waals surface area contributed by atoms with Crippen LogP contribution in [0.25, 0.3) is 6.08 Å². The summed E-state index contributed by atoms with van der Waals surface area (Å²) in [4.78, 5) is 27.8. The Kier molecular flexibility index (Phi) is 5.64. The van der Waals surface area contributed by atoms with Crippen LogP contribution < -0.4 is 9.80 Å². The van der Waals surface area contributed by atoms with Gasteiger partial charge in [-0.3, -0.25) is 9.59 Å². The average molecular weight is 346 g/mol. The van der Waals surface area contributed by atoms with E-state index in [2.05, 4.69) is 6.58 Å². The summed E-state index contributed by atoms with van der Waals surface area (Å²) in [6.45, 7) is 4.96. The molecule has 26 heavy (non-hydrogen) atoms. The van der Waals surface area contributed by atoms with Gasteiger partial charge in [-0.1, -0.05) is 36.4 Å². The largest absolute Gasteiger partial charge is 0.312 e. The van der Waals surface area contributed by atoms with Gasteiger partial charge in [0, 0.05) is 37.0 Å². The molecule has 4 nitrogen and oxygen atoms in total. The molecule has 2 aromatic rings. The number of carbonyl (C=O) groups is 2. The van der Waals surface area contributed by atoms with E-state index in [0.717, 1.165) is 29.9 Å². The van der Waals surface area contributed by atoms with Crippen LogP contribution in [0.1, 0.15) is 18.4 Å². The average Bonchev–Trinajstić information content (AvgIpc) is 3.11. The van der Waals surface area contributed by atoms with Crippen molar-refractivity contribution in [2.75, 3.05) is 22.9 Å². The van der Waals surface area contributed by atoms with Crippen molar-refractivity contribution in [1.29, 1.82) is 0 Å². The van der Waals surface area contributed by atoms with Gasteiger partial charge in [-0.25, -0.2) is 0 Å². The molecule has 0 aliphatic carbocycles. The van der Waals surface area contributed by atoms with Crippen molar-refractivity contribution in [3.05, 3.63) is 78.9 Å². The molecule has 0 N–H and O–H groups in total. The van der Waals surface area contributed by atoms with Crippen molar-refractivity contribution in [1.82, 2.24) is 0 Å². The van der Waals surface area contributed by atoms with E-state index < -0.39 is 0 Å². The molecule has 2 aromatic carbocycles. The van der Waals surface area contributed by atoms with Gasteiger partial charge in [0.05, 0.1) is 0 Å². The van der Waals surface area contributed by atoms with Crippen LogP contribution in [-0.2, 0) is 9.59 Å². The topological polar surface area (TPSA) is 40.6 Å². The van der Waals surface area contributed by atoms with Crippen molar-refractivity contribution in [2.24, 2.45) is 0 Å². The summed E-state index contributed by atoms with van der Waals surface area (Å²) in [5.74, 6) is 0.0706. The first-order valence-electron chi connectivity index (χ1n) is 8.75. The number of hydrogen-bond donors (Lipinski definition) is 0. The van der Waals surface area contributed by atoms with Crippen LogP contribution >= 0.6 is 0 Å². The van der Waals surface area contributed by atoms with Crippen LogP contribution in [-0.4, -0.2) is 24.9 Å². The van der Waals surface area contributed by atoms with Crippen molar-refractivity contribution < 1.29 is 9.59 Å². The number of para-hydroxylation sites is 1. The molecular weight excluding hydrogens is 324 g/mol. The molecule has 0 bridgehead atoms. The third-order valence-electron chi connectivity index (χ3n) is 4.34. The fourth-order valence-electron chi connectivity index (χ4n) is 3.00. The molecule has 132 valence electrons. The molecule has 1 heterocycles. The third-order valence-corrected chi connectivity index (χ3v) is 4.34. The lowest BCUT2D eigenvalue weighted by Gasteiger charge is -2.19. The normalized spacial score (nSPS) is 14.0. The maximum absolute atomic E-state index is 12.6. The van der Waals surface area contributed by atoms with Crippen LogP contribution in [0.5, 0.6) is 0 Å². The molecule has 0 aromatic heterocycles. The first-order chi connectivity index (χ1) is 12.7. The predicted molar refractivity (Wildman–Crippen MR) is 106 cm³/mol. The Morgan fingerprint density at radius 3 is 2.46 bits per heavy atom. The summed E-state index contributed by atoms with van der Waals surface area (Å²) in [7, 11) is 0. The highest BCUT2D eigenvalue weighted by atomic mass is 16.2. The van der Waals surface area contributed by atoms with E-state index in [1.165, 1.54) is 0 Å². The first-order valence-corrected chi connectivity index (χ1v) is 8.75. The Balaban J connectivity index is 1.70. The Morgan fingerprint density at radius 1 is 1.12 bits per heavy atom. The van der Waals surface area contributed by atoms with Crippen molar-refractivity contribution in [2.45, 2.75) is 12.8 Å². The molecular formula is C22H22N2O2. The van der Waals surface area contributed by atoms with E-state index in [1.807, 2.05) is 54.6 Å². The molecule has 0 saturated carbocycles. The highest BCUT2D eigenvalue weighted by Gasteiger charge is 2.21. The van der Waals surface area contributed by atoms with Gasteiger partial charge in [-0.05, 0) is 42.3 Å². The van der Waals surface area contributed by atoms with Crippen molar-refractivity contribution in [3.8, 4) is 0 Å². The van der Waals surface area contributed by atoms with E-state index >= 15 is 0 Å². The van der Waals surface area contributed by atoms with Crippen LogP contribution in [0.4, 0.5) is 11.4 Å². The molecule has 1 fully saturated rings. The number of rotatable bonds is 6. The highest BCUT2D eigenvalue weighted by Crippen LogP contribution is 2.22. The SMILES string of the molecule is C=CCN(C(=O)C=Cc1ccc(N2CCCC2=O)cc1)c1ccccc1. The number of carbonyl (C=O) groups excluding carboxylic acids is 2. The van der Waals surface area contributed by atoms with Gasteiger partial charge in [-0.2, -0.15) is 0 Å². The fraction of sp³-hybridized carbons (Fsp3) is 0.182. The molecule has 1 saturated heterocycles. The minimum atomic E-state index is -0.102. The lowest BCUT2D eigenvalue weighted by molar-refractivity contribution is -0.117. The third kappa shape index (κ3) is 4.09. The Morgan fingerprint density at radius 2 is 1.85 bits per heavy atom. The summed E-state index contributed by atoms with van der Waals surface area (Å²) in [5.41, 5.74) is 2.67. The molecule has 0 radical (unpaired) electrons. The second-order valence-corrected chi connectivity index (χ2v) is 6.15. The summed E-state index contributed by atoms with van der Waals surface area (Å²) in [6, 6.07) is 17.2. The Bertz CT molecular complexity index is 810. The molecule has 2 amide bonds. The van der Waals surface area contributed by atoms with Gasteiger partial charge in [0.2, 0.25) is 5.91 Å². The monoisotopic (exact) mass is 346 g/mol. The van der Waals surface area contributed by atoms with E-state index in [4.69, 9.17) is 0 Å². The highest BCUT2D eigenvalue weighted by molar-refractivity contribution is 6.04. The minimum absolute atomic E-state index is 0.102. The molecule has 3 rings (SSSR count). The quantitative estimate of drug-likeness (QED) is 0.585. The minimum Gasteiger partial charge on any atom is -0.312 e. The smallest absolute Gasteiger partial charge is 0.251 e. The Hall–Kier alpha value is -3.14. The van der Waals surface area contributed by atoms with Crippen LogP contribution in [0.15, 0.2) is 73.3 Å². The number of hydrogen-bond acceptors (Lipinski definition) is 2. The molecule has 1 aliphatic heterocycles. The van der Waals surface area contributed by atoms with E-state index in [-0.39, 0.29) is 11.8 Å². The number of nitrogens with zero attached hydrogens (tertiary/aromatic N) is 2. The van der Waals surface area contributed by atoms with Crippen LogP contribution in [0, 0.1) is 0 Å². The van der Waals surface area contributed by atoms with Gasteiger partial charge in [0.1, 0.15) is 0 Å². The van der Waals surface area contributed by atoms with Crippen LogP contribution in [0.2, 0.25) is 0 Å². The predicted octanol–water partition coefficient (Wildman–Crippen LogP) is 4.05. The van der Waals surface area contributed by atoms with Crippen molar-refractivity contribution >= 4 is 29.3 Å². The standard InChI is InChI=1S/C22H22N2O2/c1-2-16-23(19-7-4-3-5-8-19)22(26)15-12-18-10-13-20(14-11-18)24-17-6-9-21(24)25/h2-5,7-8,10-15H,1,6,9,16-17H2. The first kappa shape index (κ1) is 17.7. The second kappa shape index (κ2) is 8.30. The Labute approximate surface area is 154 Å². The maximum Gasteiger partial charge on any atom is 0.251 e. The summed E-state index contributed by atoms with van der Waals surface area (Å²) >= 11 is 0. The summed E-state index contributed by atoms with van der Waals surface area (Å²) in [5, 5.41) is 0. The lowest BCUT2D eigenvalue weighted by atomic mass is 10.1. The number of amides is 2. The maximum atomic E-state index is 12.6. The van der Waals surface area contributed by atoms with Crippen LogP contribution in [0.3, 0.4) is 0 Å². The van der Waals surface area contributed by atoms with Gasteiger partial charge in [0.15, 0.2) is 0 Å². The molecule has 0 spiro atoms. The number of benzene rings is 2. The van der Waals surface area contributed by atoms with Gasteiger partial charge >= 0.3 is 0 Å². The van der Waals surface area contributed by atoms with Crippen molar-refractivity contribution in [3.63, 3.8) is 0 Å². The second-order valence-electron chi connectivity index (χ2n) is 6.15. The zero-order valence-electron chi connectivity index (χ0n) is 14.7. The van der Waals surface area contributed by atoms with E-state index in [9.17, 15) is 9.59 Å². The van der Waals surface area contributed by atoms with Gasteiger partial charge in [0.25, 0.3) is 5.91 Å². The van der Waals surface area contributed by atoms with E-state index in [0.29, 0.717) is 13.0 Å². The fourth-order valence-corrected chi connectivity index (χ4v) is 3.00. The zero-order valence-corrected chi connectivity index (χ0v) is 14.7. The van der Waals surface area contributed by atoms with Gasteiger partial charge in [-0.15, -0.1) is 6.58 Å². The molecule has 0 atom stereocenters. The number of anilines is 2. The summed E-state index contributed by atoms with van der Waals surface area (Å²) < 4.78 is 0. The van der Waals surface area contributed by atoms with E-state index in [1.54, 1.807) is 28.0 Å². The molecule has 0 unspecified atom stereocenters. The lowest BCUT2D eigenvalue weighted by Crippen LogP contribution is -2.29. The molecule has 4 heteroatoms. The summed E-state index contributed by atoms with van der Waals surface area (Å²) in [6.07, 6.45) is 6.59. The zero-order chi connectivity index (χ0) is 18.4.